The molecule has 0 amide bonds. The Morgan fingerprint density at radius 1 is 1.15 bits per heavy atom. The number of benzene rings is 1. The highest BCUT2D eigenvalue weighted by Crippen LogP contribution is 2.28. The fourth-order valence-corrected chi connectivity index (χ4v) is 2.30. The minimum Gasteiger partial charge on any atom is -0.267 e. The zero-order chi connectivity index (χ0) is 14.3. The average molecular weight is 264 g/mol. The minimum atomic E-state index is 0.777. The number of nitrogens with zero attached hydrogens (tertiary/aromatic N) is 4. The maximum absolute atomic E-state index is 4.52. The van der Waals surface area contributed by atoms with E-state index in [0.717, 1.165) is 39.1 Å². The first-order valence-electron chi connectivity index (χ1n) is 6.48. The third-order valence-corrected chi connectivity index (χ3v) is 3.37. The number of hydrogen-bond acceptors (Lipinski definition) is 3. The quantitative estimate of drug-likeness (QED) is 0.712. The molecule has 100 valence electrons. The second-order valence-electron chi connectivity index (χ2n) is 5.00. The van der Waals surface area contributed by atoms with Gasteiger partial charge in [0.15, 0.2) is 0 Å². The van der Waals surface area contributed by atoms with Crippen molar-refractivity contribution in [3.63, 3.8) is 0 Å². The van der Waals surface area contributed by atoms with Crippen molar-refractivity contribution in [1.82, 2.24) is 19.7 Å². The van der Waals surface area contributed by atoms with Crippen molar-refractivity contribution in [2.24, 2.45) is 7.05 Å². The normalized spacial score (nSPS) is 10.9. The third kappa shape index (κ3) is 1.99. The van der Waals surface area contributed by atoms with Crippen LogP contribution in [0.25, 0.3) is 27.6 Å². The van der Waals surface area contributed by atoms with Crippen LogP contribution >= 0.6 is 0 Å². The predicted octanol–water partition coefficient (Wildman–Crippen LogP) is 3.37. The van der Waals surface area contributed by atoms with Crippen LogP contribution in [0.4, 0.5) is 0 Å². The van der Waals surface area contributed by atoms with Crippen molar-refractivity contribution in [1.29, 1.82) is 0 Å². The van der Waals surface area contributed by atoms with E-state index < -0.39 is 0 Å². The van der Waals surface area contributed by atoms with Gasteiger partial charge in [-0.2, -0.15) is 5.10 Å². The van der Waals surface area contributed by atoms with E-state index in [9.17, 15) is 0 Å². The van der Waals surface area contributed by atoms with Gasteiger partial charge in [-0.3, -0.25) is 4.68 Å². The number of hydrogen-bond donors (Lipinski definition) is 0. The monoisotopic (exact) mass is 264 g/mol. The summed E-state index contributed by atoms with van der Waals surface area (Å²) in [6.45, 7) is 7.86. The summed E-state index contributed by atoms with van der Waals surface area (Å²) < 4.78 is 1.88. The highest BCUT2D eigenvalue weighted by atomic mass is 15.3. The van der Waals surface area contributed by atoms with Crippen molar-refractivity contribution >= 4 is 16.5 Å². The molecule has 0 aliphatic rings. The topological polar surface area (TPSA) is 43.6 Å². The molecule has 3 aromatic rings. The maximum atomic E-state index is 4.52. The Hall–Kier alpha value is -2.49. The lowest BCUT2D eigenvalue weighted by Gasteiger charge is -2.03. The molecule has 0 saturated heterocycles. The summed E-state index contributed by atoms with van der Waals surface area (Å²) in [5.74, 6) is 0.777. The second-order valence-corrected chi connectivity index (χ2v) is 5.00. The zero-order valence-electron chi connectivity index (χ0n) is 11.9. The van der Waals surface area contributed by atoms with Crippen LogP contribution in [-0.4, -0.2) is 19.7 Å². The van der Waals surface area contributed by atoms with Crippen molar-refractivity contribution in [2.45, 2.75) is 13.8 Å². The first-order chi connectivity index (χ1) is 9.56. The third-order valence-electron chi connectivity index (χ3n) is 3.37. The van der Waals surface area contributed by atoms with Crippen LogP contribution in [-0.2, 0) is 7.05 Å². The van der Waals surface area contributed by atoms with Gasteiger partial charge >= 0.3 is 0 Å². The van der Waals surface area contributed by atoms with Gasteiger partial charge in [0.05, 0.1) is 11.2 Å². The Morgan fingerprint density at radius 3 is 2.50 bits per heavy atom. The molecule has 0 radical (unpaired) electrons. The van der Waals surface area contributed by atoms with Gasteiger partial charge in [0, 0.05) is 30.4 Å². The Bertz CT molecular complexity index is 797. The van der Waals surface area contributed by atoms with Crippen LogP contribution in [0.2, 0.25) is 0 Å². The number of aromatic nitrogens is 4. The van der Waals surface area contributed by atoms with Crippen molar-refractivity contribution in [3.05, 3.63) is 48.7 Å². The van der Waals surface area contributed by atoms with Gasteiger partial charge in [-0.15, -0.1) is 0 Å². The smallest absolute Gasteiger partial charge is 0.125 e. The Morgan fingerprint density at radius 2 is 1.85 bits per heavy atom. The van der Waals surface area contributed by atoms with E-state index in [1.807, 2.05) is 38.0 Å². The van der Waals surface area contributed by atoms with Crippen molar-refractivity contribution in [2.75, 3.05) is 0 Å². The highest BCUT2D eigenvalue weighted by molar-refractivity contribution is 5.93. The fraction of sp³-hybridized carbons (Fsp3) is 0.188. The summed E-state index contributed by atoms with van der Waals surface area (Å²) in [5, 5.41) is 5.63. The molecule has 0 fully saturated rings. The first-order valence-corrected chi connectivity index (χ1v) is 6.48. The molecule has 2 aromatic heterocycles. The Kier molecular flexibility index (Phi) is 2.86. The molecule has 0 spiro atoms. The van der Waals surface area contributed by atoms with Crippen LogP contribution in [0.1, 0.15) is 18.4 Å². The molecule has 0 atom stereocenters. The van der Waals surface area contributed by atoms with Gasteiger partial charge in [-0.1, -0.05) is 12.6 Å². The maximum Gasteiger partial charge on any atom is 0.125 e. The number of rotatable bonds is 2. The molecular weight excluding hydrogens is 248 g/mol. The van der Waals surface area contributed by atoms with E-state index in [2.05, 4.69) is 39.8 Å². The van der Waals surface area contributed by atoms with Gasteiger partial charge in [0.25, 0.3) is 0 Å². The van der Waals surface area contributed by atoms with Crippen LogP contribution in [0.15, 0.2) is 37.2 Å². The number of allylic oxidation sites excluding steroid dienone is 1. The molecule has 4 heteroatoms. The summed E-state index contributed by atoms with van der Waals surface area (Å²) in [4.78, 5) is 8.50. The van der Waals surface area contributed by atoms with Crippen LogP contribution in [0, 0.1) is 6.92 Å². The van der Waals surface area contributed by atoms with Gasteiger partial charge in [0.1, 0.15) is 5.82 Å². The Balaban J connectivity index is 2.21. The van der Waals surface area contributed by atoms with Crippen LogP contribution < -0.4 is 0 Å². The molecular formula is C16H16N4. The zero-order valence-corrected chi connectivity index (χ0v) is 11.9. The fourth-order valence-electron chi connectivity index (χ4n) is 2.30. The van der Waals surface area contributed by atoms with Crippen LogP contribution in [0.3, 0.4) is 0 Å². The molecule has 2 heterocycles. The lowest BCUT2D eigenvalue weighted by Crippen LogP contribution is -1.90. The molecule has 0 unspecified atom stereocenters. The van der Waals surface area contributed by atoms with Crippen LogP contribution in [0.5, 0.6) is 0 Å². The SMILES string of the molecule is C=C(C)c1nn(C)c2ccc(-c3cnc(C)nc3)cc12. The molecule has 1 aromatic carbocycles. The summed E-state index contributed by atoms with van der Waals surface area (Å²) in [6.07, 6.45) is 3.70. The molecule has 0 bridgehead atoms. The molecule has 20 heavy (non-hydrogen) atoms. The summed E-state index contributed by atoms with van der Waals surface area (Å²) >= 11 is 0. The summed E-state index contributed by atoms with van der Waals surface area (Å²) in [7, 11) is 1.95. The molecule has 0 aliphatic heterocycles. The van der Waals surface area contributed by atoms with Gasteiger partial charge in [-0.25, -0.2) is 9.97 Å². The minimum absolute atomic E-state index is 0.777. The molecule has 0 N–H and O–H groups in total. The predicted molar refractivity (Wildman–Crippen MR) is 81.2 cm³/mol. The molecule has 0 saturated carbocycles. The molecule has 3 rings (SSSR count). The largest absolute Gasteiger partial charge is 0.267 e. The van der Waals surface area contributed by atoms with Gasteiger partial charge < -0.3 is 0 Å². The summed E-state index contributed by atoms with van der Waals surface area (Å²) in [5.41, 5.74) is 5.10. The lowest BCUT2D eigenvalue weighted by atomic mass is 10.0. The van der Waals surface area contributed by atoms with Gasteiger partial charge in [-0.05, 0) is 37.1 Å². The van der Waals surface area contributed by atoms with E-state index in [4.69, 9.17) is 0 Å². The van der Waals surface area contributed by atoms with Gasteiger partial charge in [0.2, 0.25) is 0 Å². The molecule has 0 aliphatic carbocycles. The Labute approximate surface area is 117 Å². The van der Waals surface area contributed by atoms with Crippen molar-refractivity contribution < 1.29 is 0 Å². The van der Waals surface area contributed by atoms with E-state index in [1.54, 1.807) is 0 Å². The van der Waals surface area contributed by atoms with E-state index in [0.29, 0.717) is 0 Å². The lowest BCUT2D eigenvalue weighted by molar-refractivity contribution is 0.791. The standard InChI is InChI=1S/C16H16N4/c1-10(2)16-14-7-12(5-6-15(14)20(4)19-16)13-8-17-11(3)18-9-13/h5-9H,1H2,2-4H3. The van der Waals surface area contributed by atoms with E-state index in [-0.39, 0.29) is 0 Å². The second kappa shape index (κ2) is 4.56. The summed E-state index contributed by atoms with van der Waals surface area (Å²) in [6, 6.07) is 6.27. The van der Waals surface area contributed by atoms with Crippen molar-refractivity contribution in [3.8, 4) is 11.1 Å². The average Bonchev–Trinajstić information content (AvgIpc) is 2.77. The van der Waals surface area contributed by atoms with E-state index >= 15 is 0 Å². The number of aryl methyl sites for hydroxylation is 2. The van der Waals surface area contributed by atoms with E-state index in [1.165, 1.54) is 0 Å². The number of fused-ring (bicyclic) bond motifs is 1. The first kappa shape index (κ1) is 12.5. The molecule has 4 nitrogen and oxygen atoms in total. The highest BCUT2D eigenvalue weighted by Gasteiger charge is 2.10.